The number of hydrogen-bond acceptors (Lipinski definition) is 3. The number of aryl methyl sites for hydroxylation is 1. The Morgan fingerprint density at radius 2 is 1.90 bits per heavy atom. The number of nitrogens with one attached hydrogen (secondary N) is 1. The quantitative estimate of drug-likeness (QED) is 0.909. The fourth-order valence-corrected chi connectivity index (χ4v) is 4.33. The Hall–Kier alpha value is -1.07. The highest BCUT2D eigenvalue weighted by atomic mass is 32.2. The maximum atomic E-state index is 12.7. The van der Waals surface area contributed by atoms with Crippen molar-refractivity contribution in [3.8, 4) is 0 Å². The predicted molar refractivity (Wildman–Crippen MR) is 85.0 cm³/mol. The lowest BCUT2D eigenvalue weighted by Crippen LogP contribution is -2.35. The molecular formula is C16H24N2O2S. The number of sulfonamides is 1. The third kappa shape index (κ3) is 3.40. The number of anilines is 1. The number of piperidine rings is 1. The zero-order valence-electron chi connectivity index (χ0n) is 12.6. The minimum atomic E-state index is -3.33. The summed E-state index contributed by atoms with van der Waals surface area (Å²) in [5.41, 5.74) is 2.06. The zero-order chi connectivity index (χ0) is 14.9. The molecule has 5 heteroatoms. The molecule has 0 amide bonds. The summed E-state index contributed by atoms with van der Waals surface area (Å²) < 4.78 is 27.0. The van der Waals surface area contributed by atoms with Crippen molar-refractivity contribution in [2.45, 2.75) is 43.9 Å². The first-order chi connectivity index (χ1) is 10.1. The second-order valence-electron chi connectivity index (χ2n) is 6.27. The van der Waals surface area contributed by atoms with E-state index in [-0.39, 0.29) is 0 Å². The average Bonchev–Trinajstić information content (AvgIpc) is 3.31. The minimum Gasteiger partial charge on any atom is -0.385 e. The standard InChI is InChI=1S/C16H24N2O2S/c1-13-5-8-15(11-16(13)17-12-14-6-7-14)21(19,20)18-9-3-2-4-10-18/h5,8,11,14,17H,2-4,6-7,9-10,12H2,1H3. The molecule has 0 bridgehead atoms. The molecule has 1 heterocycles. The molecule has 1 saturated heterocycles. The van der Waals surface area contributed by atoms with Crippen molar-refractivity contribution in [2.75, 3.05) is 25.0 Å². The Kier molecular flexibility index (Phi) is 4.22. The first-order valence-electron chi connectivity index (χ1n) is 7.92. The molecule has 0 radical (unpaired) electrons. The van der Waals surface area contributed by atoms with Crippen LogP contribution in [0, 0.1) is 12.8 Å². The molecule has 1 aliphatic carbocycles. The second kappa shape index (κ2) is 5.97. The fourth-order valence-electron chi connectivity index (χ4n) is 2.78. The van der Waals surface area contributed by atoms with E-state index in [0.29, 0.717) is 18.0 Å². The van der Waals surface area contributed by atoms with Crippen LogP contribution in [0.4, 0.5) is 5.69 Å². The number of hydrogen-bond donors (Lipinski definition) is 1. The van der Waals surface area contributed by atoms with Crippen LogP contribution < -0.4 is 5.32 Å². The third-order valence-electron chi connectivity index (χ3n) is 4.44. The summed E-state index contributed by atoms with van der Waals surface area (Å²) in [6.07, 6.45) is 5.65. The molecule has 2 fully saturated rings. The van der Waals surface area contributed by atoms with Gasteiger partial charge in [0.1, 0.15) is 0 Å². The Balaban J connectivity index is 1.81. The van der Waals surface area contributed by atoms with E-state index in [9.17, 15) is 8.42 Å². The van der Waals surface area contributed by atoms with Crippen LogP contribution in [0.5, 0.6) is 0 Å². The molecule has 1 N–H and O–H groups in total. The van der Waals surface area contributed by atoms with Crippen molar-refractivity contribution in [3.05, 3.63) is 23.8 Å². The molecule has 2 aliphatic rings. The molecule has 1 aliphatic heterocycles. The first kappa shape index (κ1) is 14.9. The molecule has 1 aromatic carbocycles. The van der Waals surface area contributed by atoms with Crippen LogP contribution in [0.25, 0.3) is 0 Å². The van der Waals surface area contributed by atoms with Gasteiger partial charge in [-0.1, -0.05) is 12.5 Å². The lowest BCUT2D eigenvalue weighted by atomic mass is 10.2. The smallest absolute Gasteiger partial charge is 0.243 e. The molecule has 1 saturated carbocycles. The highest BCUT2D eigenvalue weighted by Gasteiger charge is 2.26. The molecule has 4 nitrogen and oxygen atoms in total. The maximum Gasteiger partial charge on any atom is 0.243 e. The summed E-state index contributed by atoms with van der Waals surface area (Å²) in [6, 6.07) is 5.45. The molecule has 1 aromatic rings. The predicted octanol–water partition coefficient (Wildman–Crippen LogP) is 2.99. The van der Waals surface area contributed by atoms with Crippen LogP contribution in [-0.2, 0) is 10.0 Å². The van der Waals surface area contributed by atoms with Gasteiger partial charge < -0.3 is 5.32 Å². The van der Waals surface area contributed by atoms with Gasteiger partial charge in [0, 0.05) is 25.3 Å². The Labute approximate surface area is 127 Å². The van der Waals surface area contributed by atoms with E-state index in [1.807, 2.05) is 19.1 Å². The van der Waals surface area contributed by atoms with Crippen LogP contribution in [0.15, 0.2) is 23.1 Å². The first-order valence-corrected chi connectivity index (χ1v) is 9.36. The highest BCUT2D eigenvalue weighted by molar-refractivity contribution is 7.89. The Bertz CT molecular complexity index is 603. The van der Waals surface area contributed by atoms with Gasteiger partial charge in [-0.2, -0.15) is 4.31 Å². The molecule has 0 unspecified atom stereocenters. The lowest BCUT2D eigenvalue weighted by Gasteiger charge is -2.26. The van der Waals surface area contributed by atoms with Crippen molar-refractivity contribution >= 4 is 15.7 Å². The summed E-state index contributed by atoms with van der Waals surface area (Å²) in [7, 11) is -3.33. The van der Waals surface area contributed by atoms with E-state index >= 15 is 0 Å². The molecule has 3 rings (SSSR count). The monoisotopic (exact) mass is 308 g/mol. The van der Waals surface area contributed by atoms with Crippen molar-refractivity contribution in [1.82, 2.24) is 4.31 Å². The van der Waals surface area contributed by atoms with Gasteiger partial charge in [-0.15, -0.1) is 0 Å². The van der Waals surface area contributed by atoms with E-state index in [4.69, 9.17) is 0 Å². The minimum absolute atomic E-state index is 0.424. The van der Waals surface area contributed by atoms with Crippen molar-refractivity contribution in [2.24, 2.45) is 5.92 Å². The summed E-state index contributed by atoms with van der Waals surface area (Å²) >= 11 is 0. The van der Waals surface area contributed by atoms with Gasteiger partial charge in [-0.05, 0) is 56.2 Å². The van der Waals surface area contributed by atoms with Crippen molar-refractivity contribution in [1.29, 1.82) is 0 Å². The largest absolute Gasteiger partial charge is 0.385 e. The van der Waals surface area contributed by atoms with Crippen molar-refractivity contribution in [3.63, 3.8) is 0 Å². The van der Waals surface area contributed by atoms with E-state index < -0.39 is 10.0 Å². The van der Waals surface area contributed by atoms with Gasteiger partial charge in [0.15, 0.2) is 0 Å². The summed E-state index contributed by atoms with van der Waals surface area (Å²) in [5.74, 6) is 0.770. The van der Waals surface area contributed by atoms with E-state index in [0.717, 1.165) is 43.0 Å². The molecule has 21 heavy (non-hydrogen) atoms. The topological polar surface area (TPSA) is 49.4 Å². The Morgan fingerprint density at radius 1 is 1.19 bits per heavy atom. The van der Waals surface area contributed by atoms with E-state index in [2.05, 4.69) is 5.32 Å². The van der Waals surface area contributed by atoms with Gasteiger partial charge in [-0.3, -0.25) is 0 Å². The third-order valence-corrected chi connectivity index (χ3v) is 6.33. The van der Waals surface area contributed by atoms with Crippen LogP contribution in [0.1, 0.15) is 37.7 Å². The van der Waals surface area contributed by atoms with Crippen molar-refractivity contribution < 1.29 is 8.42 Å². The average molecular weight is 308 g/mol. The number of nitrogens with zero attached hydrogens (tertiary/aromatic N) is 1. The highest BCUT2D eigenvalue weighted by Crippen LogP contribution is 2.30. The molecule has 0 spiro atoms. The van der Waals surface area contributed by atoms with E-state index in [1.54, 1.807) is 10.4 Å². The van der Waals surface area contributed by atoms with Gasteiger partial charge in [-0.25, -0.2) is 8.42 Å². The fraction of sp³-hybridized carbons (Fsp3) is 0.625. The molecule has 116 valence electrons. The summed E-state index contributed by atoms with van der Waals surface area (Å²) in [5, 5.41) is 3.41. The second-order valence-corrected chi connectivity index (χ2v) is 8.20. The van der Waals surface area contributed by atoms with E-state index in [1.165, 1.54) is 12.8 Å². The van der Waals surface area contributed by atoms with Gasteiger partial charge in [0.2, 0.25) is 10.0 Å². The molecule has 0 aromatic heterocycles. The number of rotatable bonds is 5. The number of benzene rings is 1. The summed E-state index contributed by atoms with van der Waals surface area (Å²) in [4.78, 5) is 0.424. The van der Waals surface area contributed by atoms with Crippen LogP contribution in [0.2, 0.25) is 0 Å². The van der Waals surface area contributed by atoms with Crippen LogP contribution in [-0.4, -0.2) is 32.4 Å². The van der Waals surface area contributed by atoms with Gasteiger partial charge >= 0.3 is 0 Å². The summed E-state index contributed by atoms with van der Waals surface area (Å²) in [6.45, 7) is 4.28. The van der Waals surface area contributed by atoms with Crippen LogP contribution >= 0.6 is 0 Å². The van der Waals surface area contributed by atoms with Crippen LogP contribution in [0.3, 0.4) is 0 Å². The maximum absolute atomic E-state index is 12.7. The normalized spacial score (nSPS) is 20.4. The Morgan fingerprint density at radius 3 is 2.57 bits per heavy atom. The van der Waals surface area contributed by atoms with Gasteiger partial charge in [0.25, 0.3) is 0 Å². The zero-order valence-corrected chi connectivity index (χ0v) is 13.5. The molecular weight excluding hydrogens is 284 g/mol. The lowest BCUT2D eigenvalue weighted by molar-refractivity contribution is 0.346. The van der Waals surface area contributed by atoms with Gasteiger partial charge in [0.05, 0.1) is 4.90 Å². The SMILES string of the molecule is Cc1ccc(S(=O)(=O)N2CCCCC2)cc1NCC1CC1. The molecule has 0 atom stereocenters.